The Bertz CT molecular complexity index is 921. The number of esters is 1. The van der Waals surface area contributed by atoms with Gasteiger partial charge in [-0.15, -0.1) is 0 Å². The number of benzene rings is 1. The van der Waals surface area contributed by atoms with Gasteiger partial charge in [0, 0.05) is 38.8 Å². The molecule has 0 aliphatic carbocycles. The third kappa shape index (κ3) is 15.0. The molecule has 10 nitrogen and oxygen atoms in total. The number of nitrogens with one attached hydrogen (secondary N) is 2. The molecule has 212 valence electrons. The van der Waals surface area contributed by atoms with Crippen molar-refractivity contribution >= 4 is 29.7 Å². The molecule has 0 aliphatic heterocycles. The molecular weight excluding hydrogens is 492 g/mol. The lowest BCUT2D eigenvalue weighted by Gasteiger charge is -2.19. The number of alkyl carbamates (subject to hydrolysis) is 2. The Labute approximate surface area is 225 Å². The molecule has 0 radical (unpaired) electrons. The number of hydrogen-bond donors (Lipinski definition) is 2. The number of carbonyl (C=O) groups excluding carboxylic acids is 5. The molecule has 0 saturated carbocycles. The minimum atomic E-state index is -0.597. The highest BCUT2D eigenvalue weighted by Crippen LogP contribution is 2.16. The van der Waals surface area contributed by atoms with Crippen molar-refractivity contribution in [2.24, 2.45) is 0 Å². The van der Waals surface area contributed by atoms with Crippen LogP contribution in [0.3, 0.4) is 0 Å². The van der Waals surface area contributed by atoms with Crippen LogP contribution in [0.15, 0.2) is 18.2 Å². The van der Waals surface area contributed by atoms with Crippen molar-refractivity contribution in [1.82, 2.24) is 10.6 Å². The maximum atomic E-state index is 12.5. The van der Waals surface area contributed by atoms with E-state index in [4.69, 9.17) is 14.2 Å². The van der Waals surface area contributed by atoms with Gasteiger partial charge in [-0.3, -0.25) is 9.59 Å². The number of rotatable bonds is 13. The Morgan fingerprint density at radius 2 is 1.08 bits per heavy atom. The van der Waals surface area contributed by atoms with Crippen LogP contribution in [0.2, 0.25) is 0 Å². The summed E-state index contributed by atoms with van der Waals surface area (Å²) in [5, 5.41) is 5.23. The standard InChI is InChI=1S/C28H42N2O8/c1-27(2,3)37-25(34)29-12-8-10-22(31)17-19-14-20(16-21(15-19)24(33)36-7)18-23(32)11-9-13-30-26(35)38-28(4,5)6/h14-16H,8-13,17-18H2,1-7H3,(H,29,34)(H,30,35). The number of ketones is 2. The van der Waals surface area contributed by atoms with Crippen LogP contribution in [0.25, 0.3) is 0 Å². The first-order valence-electron chi connectivity index (χ1n) is 12.8. The highest BCUT2D eigenvalue weighted by Gasteiger charge is 2.17. The third-order valence-corrected chi connectivity index (χ3v) is 4.88. The molecule has 0 spiro atoms. The van der Waals surface area contributed by atoms with Gasteiger partial charge in [-0.05, 0) is 77.6 Å². The molecule has 1 aromatic carbocycles. The fraction of sp³-hybridized carbons (Fsp3) is 0.607. The van der Waals surface area contributed by atoms with Crippen molar-refractivity contribution < 1.29 is 38.2 Å². The van der Waals surface area contributed by atoms with E-state index in [0.29, 0.717) is 37.1 Å². The lowest BCUT2D eigenvalue weighted by molar-refractivity contribution is -0.119. The minimum absolute atomic E-state index is 0.0662. The zero-order valence-electron chi connectivity index (χ0n) is 23.7. The van der Waals surface area contributed by atoms with Crippen molar-refractivity contribution in [2.45, 2.75) is 91.3 Å². The largest absolute Gasteiger partial charge is 0.465 e. The molecule has 0 fully saturated rings. The second-order valence-electron chi connectivity index (χ2n) is 11.0. The van der Waals surface area contributed by atoms with Gasteiger partial charge in [0.25, 0.3) is 0 Å². The molecule has 0 aromatic heterocycles. The lowest BCUT2D eigenvalue weighted by Crippen LogP contribution is -2.33. The van der Waals surface area contributed by atoms with Gasteiger partial charge in [-0.2, -0.15) is 0 Å². The van der Waals surface area contributed by atoms with Crippen LogP contribution in [0.4, 0.5) is 9.59 Å². The second-order valence-corrected chi connectivity index (χ2v) is 11.0. The van der Waals surface area contributed by atoms with E-state index < -0.39 is 29.4 Å². The first-order valence-corrected chi connectivity index (χ1v) is 12.8. The van der Waals surface area contributed by atoms with E-state index in [1.807, 2.05) is 0 Å². The molecule has 2 N–H and O–H groups in total. The van der Waals surface area contributed by atoms with Gasteiger partial charge in [-0.1, -0.05) is 6.07 Å². The predicted molar refractivity (Wildman–Crippen MR) is 142 cm³/mol. The van der Waals surface area contributed by atoms with Crippen molar-refractivity contribution in [3.63, 3.8) is 0 Å². The third-order valence-electron chi connectivity index (χ3n) is 4.88. The normalized spacial score (nSPS) is 11.3. The lowest BCUT2D eigenvalue weighted by atomic mass is 9.97. The second kappa shape index (κ2) is 15.1. The number of carbonyl (C=O) groups is 5. The molecule has 0 bridgehead atoms. The maximum absolute atomic E-state index is 12.5. The molecule has 38 heavy (non-hydrogen) atoms. The molecule has 0 atom stereocenters. The number of Topliss-reactive ketones (excluding diaryl/α,β-unsaturated/α-hetero) is 2. The van der Waals surface area contributed by atoms with Crippen molar-refractivity contribution in [3.8, 4) is 0 Å². The average molecular weight is 535 g/mol. The quantitative estimate of drug-likeness (QED) is 0.217. The molecule has 1 rings (SSSR count). The van der Waals surface area contributed by atoms with Gasteiger partial charge >= 0.3 is 18.2 Å². The topological polar surface area (TPSA) is 137 Å². The van der Waals surface area contributed by atoms with Gasteiger partial charge in [0.05, 0.1) is 12.7 Å². The summed E-state index contributed by atoms with van der Waals surface area (Å²) in [4.78, 5) is 60.6. The number of amides is 2. The maximum Gasteiger partial charge on any atom is 0.407 e. The highest BCUT2D eigenvalue weighted by atomic mass is 16.6. The van der Waals surface area contributed by atoms with Crippen LogP contribution in [-0.2, 0) is 36.6 Å². The molecule has 1 aromatic rings. The molecule has 2 amide bonds. The summed E-state index contributed by atoms with van der Waals surface area (Å²) < 4.78 is 15.1. The van der Waals surface area contributed by atoms with Crippen molar-refractivity contribution in [3.05, 3.63) is 34.9 Å². The van der Waals surface area contributed by atoms with E-state index in [0.717, 1.165) is 0 Å². The van der Waals surface area contributed by atoms with Crippen LogP contribution < -0.4 is 10.6 Å². The predicted octanol–water partition coefficient (Wildman–Crippen LogP) is 4.31. The van der Waals surface area contributed by atoms with Crippen LogP contribution in [-0.4, -0.2) is 61.1 Å². The minimum Gasteiger partial charge on any atom is -0.465 e. The Kier molecular flexibility index (Phi) is 13.0. The summed E-state index contributed by atoms with van der Waals surface area (Å²) in [5.41, 5.74) is 0.278. The fourth-order valence-corrected chi connectivity index (χ4v) is 3.41. The van der Waals surface area contributed by atoms with E-state index in [9.17, 15) is 24.0 Å². The van der Waals surface area contributed by atoms with Crippen LogP contribution in [0.5, 0.6) is 0 Å². The van der Waals surface area contributed by atoms with E-state index >= 15 is 0 Å². The van der Waals surface area contributed by atoms with E-state index in [2.05, 4.69) is 10.6 Å². The zero-order chi connectivity index (χ0) is 28.9. The van der Waals surface area contributed by atoms with Crippen LogP contribution >= 0.6 is 0 Å². The van der Waals surface area contributed by atoms with E-state index in [1.165, 1.54) is 7.11 Å². The Morgan fingerprint density at radius 1 is 0.684 bits per heavy atom. The summed E-state index contributed by atoms with van der Waals surface area (Å²) >= 11 is 0. The zero-order valence-corrected chi connectivity index (χ0v) is 23.7. The summed E-state index contributed by atoms with van der Waals surface area (Å²) in [5.74, 6) is -0.692. The van der Waals surface area contributed by atoms with Gasteiger partial charge in [0.2, 0.25) is 0 Å². The molecule has 0 aliphatic rings. The Balaban J connectivity index is 2.63. The van der Waals surface area contributed by atoms with Crippen LogP contribution in [0.1, 0.15) is 88.7 Å². The molecular formula is C28H42N2O8. The van der Waals surface area contributed by atoms with Gasteiger partial charge < -0.3 is 24.8 Å². The average Bonchev–Trinajstić information content (AvgIpc) is 2.76. The number of hydrogen-bond acceptors (Lipinski definition) is 8. The van der Waals surface area contributed by atoms with Gasteiger partial charge in [0.1, 0.15) is 22.8 Å². The SMILES string of the molecule is COC(=O)c1cc(CC(=O)CCCNC(=O)OC(C)(C)C)cc(CC(=O)CCCNC(=O)OC(C)(C)C)c1. The molecule has 0 saturated heterocycles. The summed E-state index contributed by atoms with van der Waals surface area (Å²) in [7, 11) is 1.26. The summed E-state index contributed by atoms with van der Waals surface area (Å²) in [6.07, 6.45) is 0.441. The monoisotopic (exact) mass is 534 g/mol. The Morgan fingerprint density at radius 3 is 1.42 bits per heavy atom. The smallest absolute Gasteiger partial charge is 0.407 e. The van der Waals surface area contributed by atoms with Crippen molar-refractivity contribution in [1.29, 1.82) is 0 Å². The molecule has 0 unspecified atom stereocenters. The summed E-state index contributed by atoms with van der Waals surface area (Å²) in [6, 6.07) is 4.91. The number of methoxy groups -OCH3 is 1. The van der Waals surface area contributed by atoms with Gasteiger partial charge in [0.15, 0.2) is 0 Å². The van der Waals surface area contributed by atoms with Crippen molar-refractivity contribution in [2.75, 3.05) is 20.2 Å². The van der Waals surface area contributed by atoms with Crippen LogP contribution in [0, 0.1) is 0 Å². The first kappa shape index (κ1) is 32.6. The molecule has 0 heterocycles. The van der Waals surface area contributed by atoms with E-state index in [-0.39, 0.29) is 42.8 Å². The fourth-order valence-electron chi connectivity index (χ4n) is 3.41. The van der Waals surface area contributed by atoms with E-state index in [1.54, 1.807) is 59.7 Å². The summed E-state index contributed by atoms with van der Waals surface area (Å²) in [6.45, 7) is 11.2. The first-order chi connectivity index (χ1) is 17.6. The van der Waals surface area contributed by atoms with Gasteiger partial charge in [-0.25, -0.2) is 14.4 Å². The Hall–Kier alpha value is -3.43. The molecule has 10 heteroatoms. The highest BCUT2D eigenvalue weighted by molar-refractivity contribution is 5.91. The number of ether oxygens (including phenoxy) is 3.